The standard InChI is InChI=1S/C7H12O2.K.H/c8-6-9-7-4-2-1-3-5-7;;/h6-7H,1-5H2;;/q;+1;-1. The van der Waals surface area contributed by atoms with E-state index in [1.807, 2.05) is 0 Å². The van der Waals surface area contributed by atoms with Crippen molar-refractivity contribution in [3.63, 3.8) is 0 Å². The molecule has 0 saturated heterocycles. The SMILES string of the molecule is O=COC1CCCCC1.[H-].[K+]. The van der Waals surface area contributed by atoms with Gasteiger partial charge in [0.25, 0.3) is 6.47 Å². The molecule has 54 valence electrons. The van der Waals surface area contributed by atoms with Gasteiger partial charge in [0.15, 0.2) is 0 Å². The van der Waals surface area contributed by atoms with Crippen LogP contribution in [-0.4, -0.2) is 12.6 Å². The van der Waals surface area contributed by atoms with E-state index in [1.165, 1.54) is 19.3 Å². The Balaban J connectivity index is 0. The Hall–Kier alpha value is 1.11. The molecule has 1 fully saturated rings. The zero-order valence-corrected chi connectivity index (χ0v) is 9.63. The van der Waals surface area contributed by atoms with Crippen molar-refractivity contribution in [2.24, 2.45) is 0 Å². The van der Waals surface area contributed by atoms with Gasteiger partial charge in [0.2, 0.25) is 0 Å². The molecule has 1 aliphatic rings. The third-order valence-electron chi connectivity index (χ3n) is 1.80. The Labute approximate surface area is 106 Å². The van der Waals surface area contributed by atoms with Crippen LogP contribution in [0.25, 0.3) is 0 Å². The van der Waals surface area contributed by atoms with E-state index < -0.39 is 0 Å². The maximum atomic E-state index is 9.85. The van der Waals surface area contributed by atoms with Crippen LogP contribution in [0.4, 0.5) is 0 Å². The van der Waals surface area contributed by atoms with Gasteiger partial charge in [-0.05, 0) is 25.7 Å². The van der Waals surface area contributed by atoms with Crippen LogP contribution >= 0.6 is 0 Å². The van der Waals surface area contributed by atoms with Crippen molar-refractivity contribution in [1.29, 1.82) is 0 Å². The van der Waals surface area contributed by atoms with E-state index in [2.05, 4.69) is 0 Å². The number of ether oxygens (including phenoxy) is 1. The summed E-state index contributed by atoms with van der Waals surface area (Å²) < 4.78 is 4.80. The number of carbonyl (C=O) groups excluding carboxylic acids is 1. The van der Waals surface area contributed by atoms with Crippen molar-refractivity contribution in [3.8, 4) is 0 Å². The summed E-state index contributed by atoms with van der Waals surface area (Å²) in [6.45, 7) is 0.565. The molecule has 0 bridgehead atoms. The fourth-order valence-electron chi connectivity index (χ4n) is 1.28. The van der Waals surface area contributed by atoms with E-state index in [0.29, 0.717) is 6.47 Å². The fourth-order valence-corrected chi connectivity index (χ4v) is 1.28. The molecule has 0 heterocycles. The van der Waals surface area contributed by atoms with E-state index in [4.69, 9.17) is 4.74 Å². The molecule has 1 saturated carbocycles. The van der Waals surface area contributed by atoms with E-state index in [1.54, 1.807) is 0 Å². The minimum Gasteiger partial charge on any atom is -1.00 e. The minimum absolute atomic E-state index is 0. The first-order valence-electron chi connectivity index (χ1n) is 3.52. The van der Waals surface area contributed by atoms with Crippen LogP contribution in [-0.2, 0) is 9.53 Å². The Morgan fingerprint density at radius 3 is 2.40 bits per heavy atom. The summed E-state index contributed by atoms with van der Waals surface area (Å²) in [7, 11) is 0. The Morgan fingerprint density at radius 1 is 1.30 bits per heavy atom. The van der Waals surface area contributed by atoms with E-state index in [9.17, 15) is 4.79 Å². The van der Waals surface area contributed by atoms with Crippen molar-refractivity contribution in [2.75, 3.05) is 0 Å². The van der Waals surface area contributed by atoms with Crippen molar-refractivity contribution in [2.45, 2.75) is 38.2 Å². The number of carbonyl (C=O) groups is 1. The summed E-state index contributed by atoms with van der Waals surface area (Å²) in [5, 5.41) is 0. The van der Waals surface area contributed by atoms with Gasteiger partial charge in [-0.25, -0.2) is 0 Å². The summed E-state index contributed by atoms with van der Waals surface area (Å²) in [5.74, 6) is 0. The van der Waals surface area contributed by atoms with Crippen LogP contribution < -0.4 is 51.4 Å². The predicted molar refractivity (Wildman–Crippen MR) is 35.1 cm³/mol. The van der Waals surface area contributed by atoms with Crippen molar-refractivity contribution < 1.29 is 62.3 Å². The topological polar surface area (TPSA) is 26.3 Å². The quantitative estimate of drug-likeness (QED) is 0.375. The van der Waals surface area contributed by atoms with Crippen LogP contribution in [0.2, 0.25) is 0 Å². The molecule has 0 N–H and O–H groups in total. The monoisotopic (exact) mass is 168 g/mol. The van der Waals surface area contributed by atoms with Crippen LogP contribution in [0.15, 0.2) is 0 Å². The van der Waals surface area contributed by atoms with Gasteiger partial charge in [0.05, 0.1) is 0 Å². The van der Waals surface area contributed by atoms with Crippen molar-refractivity contribution >= 4 is 6.47 Å². The molecule has 0 unspecified atom stereocenters. The maximum absolute atomic E-state index is 9.85. The summed E-state index contributed by atoms with van der Waals surface area (Å²) in [4.78, 5) is 9.85. The number of rotatable bonds is 2. The molecule has 3 heteroatoms. The normalized spacial score (nSPS) is 19.2. The predicted octanol–water partition coefficient (Wildman–Crippen LogP) is -1.39. The third-order valence-corrected chi connectivity index (χ3v) is 1.80. The molecule has 0 aromatic carbocycles. The molecule has 0 aliphatic heterocycles. The third kappa shape index (κ3) is 4.08. The molecule has 0 atom stereocenters. The van der Waals surface area contributed by atoms with E-state index in [0.717, 1.165) is 12.8 Å². The van der Waals surface area contributed by atoms with Gasteiger partial charge in [-0.3, -0.25) is 4.79 Å². The zero-order chi connectivity index (χ0) is 6.53. The molecule has 0 amide bonds. The zero-order valence-electron chi connectivity index (χ0n) is 7.51. The van der Waals surface area contributed by atoms with Gasteiger partial charge >= 0.3 is 51.4 Å². The molecule has 10 heavy (non-hydrogen) atoms. The van der Waals surface area contributed by atoms with Gasteiger partial charge in [0.1, 0.15) is 6.10 Å². The first-order valence-corrected chi connectivity index (χ1v) is 3.52. The summed E-state index contributed by atoms with van der Waals surface area (Å²) in [5.41, 5.74) is 0. The molecule has 2 nitrogen and oxygen atoms in total. The van der Waals surface area contributed by atoms with Crippen molar-refractivity contribution in [3.05, 3.63) is 0 Å². The maximum Gasteiger partial charge on any atom is 1.00 e. The van der Waals surface area contributed by atoms with Gasteiger partial charge in [-0.2, -0.15) is 0 Å². The minimum atomic E-state index is 0. The molecule has 1 rings (SSSR count). The molecular weight excluding hydrogens is 155 g/mol. The Morgan fingerprint density at radius 2 is 1.90 bits per heavy atom. The van der Waals surface area contributed by atoms with Crippen LogP contribution in [0, 0.1) is 0 Å². The second-order valence-electron chi connectivity index (χ2n) is 2.49. The van der Waals surface area contributed by atoms with Crippen molar-refractivity contribution in [1.82, 2.24) is 0 Å². The first-order chi connectivity index (χ1) is 4.43. The Bertz CT molecular complexity index is 94.4. The number of hydrogen-bond donors (Lipinski definition) is 0. The number of hydrogen-bond acceptors (Lipinski definition) is 2. The van der Waals surface area contributed by atoms with Gasteiger partial charge < -0.3 is 6.16 Å². The van der Waals surface area contributed by atoms with Gasteiger partial charge in [-0.15, -0.1) is 0 Å². The second-order valence-corrected chi connectivity index (χ2v) is 2.49. The molecular formula is C7H13KO2. The van der Waals surface area contributed by atoms with E-state index >= 15 is 0 Å². The average molecular weight is 168 g/mol. The summed E-state index contributed by atoms with van der Waals surface area (Å²) in [6, 6.07) is 0. The summed E-state index contributed by atoms with van der Waals surface area (Å²) >= 11 is 0. The molecule has 0 aromatic rings. The molecule has 0 aromatic heterocycles. The second kappa shape index (κ2) is 6.79. The van der Waals surface area contributed by atoms with Gasteiger partial charge in [-0.1, -0.05) is 6.42 Å². The van der Waals surface area contributed by atoms with Gasteiger partial charge in [0, 0.05) is 0 Å². The first kappa shape index (κ1) is 11.1. The van der Waals surface area contributed by atoms with E-state index in [-0.39, 0.29) is 58.9 Å². The molecule has 1 aliphatic carbocycles. The largest absolute Gasteiger partial charge is 1.00 e. The van der Waals surface area contributed by atoms with Crippen LogP contribution in [0.3, 0.4) is 0 Å². The van der Waals surface area contributed by atoms with Crippen LogP contribution in [0.1, 0.15) is 33.5 Å². The van der Waals surface area contributed by atoms with Crippen LogP contribution in [0.5, 0.6) is 0 Å². The molecule has 0 radical (unpaired) electrons. The smallest absolute Gasteiger partial charge is 1.00 e. The Kier molecular flexibility index (Phi) is 7.55. The fraction of sp³-hybridized carbons (Fsp3) is 0.857. The average Bonchev–Trinajstić information content (AvgIpc) is 1.91. The molecule has 0 spiro atoms. The summed E-state index contributed by atoms with van der Waals surface area (Å²) in [6.07, 6.45) is 6.11.